The fourth-order valence-electron chi connectivity index (χ4n) is 2.55. The highest BCUT2D eigenvalue weighted by Crippen LogP contribution is 2.22. The molecule has 0 N–H and O–H groups in total. The van der Waals surface area contributed by atoms with Gasteiger partial charge >= 0.3 is 0 Å². The van der Waals surface area contributed by atoms with Crippen molar-refractivity contribution in [3.63, 3.8) is 0 Å². The largest absolute Gasteiger partial charge is 0.371 e. The Balaban J connectivity index is 1.90. The summed E-state index contributed by atoms with van der Waals surface area (Å²) < 4.78 is 5.86. The molecule has 1 saturated heterocycles. The van der Waals surface area contributed by atoms with Gasteiger partial charge < -0.3 is 9.64 Å². The number of ether oxygens (including phenoxy) is 1. The van der Waals surface area contributed by atoms with E-state index in [0.717, 1.165) is 29.8 Å². The summed E-state index contributed by atoms with van der Waals surface area (Å²) in [6.07, 6.45) is 0.474. The maximum absolute atomic E-state index is 5.86. The van der Waals surface area contributed by atoms with Crippen molar-refractivity contribution >= 4 is 32.7 Å². The summed E-state index contributed by atoms with van der Waals surface area (Å²) in [5.41, 5.74) is 1.05. The first-order chi connectivity index (χ1) is 9.26. The van der Waals surface area contributed by atoms with Crippen molar-refractivity contribution in [3.05, 3.63) is 36.4 Å². The molecule has 1 aromatic heterocycles. The van der Waals surface area contributed by atoms with E-state index in [0.29, 0.717) is 0 Å². The summed E-state index contributed by atoms with van der Waals surface area (Å²) in [5.74, 6) is 1.04. The molecule has 2 aromatic rings. The Bertz CT molecular complexity index is 575. The van der Waals surface area contributed by atoms with Crippen LogP contribution in [-0.4, -0.2) is 35.6 Å². The van der Waals surface area contributed by atoms with Gasteiger partial charge in [0.25, 0.3) is 0 Å². The quantitative estimate of drug-likeness (QED) is 0.794. The Morgan fingerprint density at radius 2 is 2.11 bits per heavy atom. The molecule has 2 atom stereocenters. The van der Waals surface area contributed by atoms with Gasteiger partial charge in [0, 0.05) is 23.8 Å². The van der Waals surface area contributed by atoms with Gasteiger partial charge in [-0.3, -0.25) is 0 Å². The van der Waals surface area contributed by atoms with Crippen LogP contribution in [0.5, 0.6) is 0 Å². The van der Waals surface area contributed by atoms with Crippen molar-refractivity contribution in [2.75, 3.05) is 23.3 Å². The molecule has 0 radical (unpaired) electrons. The van der Waals surface area contributed by atoms with Crippen molar-refractivity contribution in [3.8, 4) is 0 Å². The normalized spacial score (nSPS) is 23.8. The second-order valence-corrected chi connectivity index (χ2v) is 5.64. The van der Waals surface area contributed by atoms with Gasteiger partial charge in [-0.1, -0.05) is 34.1 Å². The van der Waals surface area contributed by atoms with Gasteiger partial charge in [-0.2, -0.15) is 0 Å². The molecule has 1 aromatic carbocycles. The van der Waals surface area contributed by atoms with Crippen LogP contribution < -0.4 is 4.90 Å². The summed E-state index contributed by atoms with van der Waals surface area (Å²) in [6, 6.07) is 12.5. The third kappa shape index (κ3) is 2.74. The number of rotatable bonds is 2. The first kappa shape index (κ1) is 12.9. The fraction of sp³-hybridized carbons (Fsp3) is 0.400. The number of para-hydroxylation sites is 1. The van der Waals surface area contributed by atoms with Crippen molar-refractivity contribution < 1.29 is 4.74 Å². The van der Waals surface area contributed by atoms with E-state index in [1.165, 1.54) is 5.39 Å². The van der Waals surface area contributed by atoms with E-state index in [1.807, 2.05) is 12.1 Å². The number of nitrogens with zero attached hydrogens (tertiary/aromatic N) is 2. The highest BCUT2D eigenvalue weighted by Gasteiger charge is 2.25. The summed E-state index contributed by atoms with van der Waals surface area (Å²) in [5, 5.41) is 2.05. The number of hydrogen-bond acceptors (Lipinski definition) is 3. The van der Waals surface area contributed by atoms with Crippen molar-refractivity contribution in [2.24, 2.45) is 0 Å². The predicted molar refractivity (Wildman–Crippen MR) is 82.1 cm³/mol. The number of fused-ring (bicyclic) bond motifs is 1. The smallest absolute Gasteiger partial charge is 0.129 e. The average molecular weight is 321 g/mol. The molecule has 0 aliphatic carbocycles. The van der Waals surface area contributed by atoms with Gasteiger partial charge in [0.2, 0.25) is 0 Å². The average Bonchev–Trinajstić information content (AvgIpc) is 2.46. The van der Waals surface area contributed by atoms with E-state index in [1.54, 1.807) is 0 Å². The van der Waals surface area contributed by atoms with Crippen LogP contribution >= 0.6 is 15.9 Å². The molecule has 0 spiro atoms. The highest BCUT2D eigenvalue weighted by molar-refractivity contribution is 9.09. The monoisotopic (exact) mass is 320 g/mol. The van der Waals surface area contributed by atoms with E-state index in [2.05, 4.69) is 52.0 Å². The van der Waals surface area contributed by atoms with Gasteiger partial charge in [0.1, 0.15) is 5.82 Å². The van der Waals surface area contributed by atoms with Crippen LogP contribution in [0, 0.1) is 0 Å². The molecule has 0 amide bonds. The molecular weight excluding hydrogens is 304 g/mol. The van der Waals surface area contributed by atoms with E-state index >= 15 is 0 Å². The van der Waals surface area contributed by atoms with Gasteiger partial charge in [0.05, 0.1) is 17.7 Å². The lowest BCUT2D eigenvalue weighted by molar-refractivity contribution is -0.00221. The van der Waals surface area contributed by atoms with E-state index in [-0.39, 0.29) is 12.2 Å². The Morgan fingerprint density at radius 1 is 1.26 bits per heavy atom. The van der Waals surface area contributed by atoms with Crippen molar-refractivity contribution in [2.45, 2.75) is 19.1 Å². The minimum atomic E-state index is 0.233. The molecule has 2 unspecified atom stereocenters. The molecule has 4 heteroatoms. The standard InChI is InChI=1S/C15H17BrN2O/c1-11-9-18(10-13(8-16)19-11)15-7-6-12-4-2-3-5-14(12)17-15/h2-7,11,13H,8-10H2,1H3. The number of anilines is 1. The first-order valence-electron chi connectivity index (χ1n) is 6.58. The topological polar surface area (TPSA) is 25.4 Å². The molecule has 1 fully saturated rings. The van der Waals surface area contributed by atoms with Gasteiger partial charge in [-0.05, 0) is 25.1 Å². The number of benzene rings is 1. The summed E-state index contributed by atoms with van der Waals surface area (Å²) >= 11 is 3.51. The summed E-state index contributed by atoms with van der Waals surface area (Å²) in [4.78, 5) is 7.07. The number of pyridine rings is 1. The Kier molecular flexibility index (Phi) is 3.71. The Hall–Kier alpha value is -1.13. The van der Waals surface area contributed by atoms with Crippen LogP contribution in [0.1, 0.15) is 6.92 Å². The second kappa shape index (κ2) is 5.47. The first-order valence-corrected chi connectivity index (χ1v) is 7.70. The molecule has 19 heavy (non-hydrogen) atoms. The lowest BCUT2D eigenvalue weighted by atomic mass is 10.2. The second-order valence-electron chi connectivity index (χ2n) is 4.99. The molecule has 2 heterocycles. The van der Waals surface area contributed by atoms with E-state index in [9.17, 15) is 0 Å². The van der Waals surface area contributed by atoms with Gasteiger partial charge in [-0.15, -0.1) is 0 Å². The lowest BCUT2D eigenvalue weighted by Crippen LogP contribution is -2.47. The molecule has 3 rings (SSSR count). The zero-order valence-corrected chi connectivity index (χ0v) is 12.5. The maximum atomic E-state index is 5.86. The van der Waals surface area contributed by atoms with Crippen LogP contribution in [0.3, 0.4) is 0 Å². The zero-order valence-electron chi connectivity index (χ0n) is 10.9. The minimum absolute atomic E-state index is 0.233. The van der Waals surface area contributed by atoms with Crippen molar-refractivity contribution in [1.82, 2.24) is 4.98 Å². The van der Waals surface area contributed by atoms with Gasteiger partial charge in [-0.25, -0.2) is 4.98 Å². The lowest BCUT2D eigenvalue weighted by Gasteiger charge is -2.37. The number of aromatic nitrogens is 1. The van der Waals surface area contributed by atoms with Gasteiger partial charge in [0.15, 0.2) is 0 Å². The number of morpholine rings is 1. The van der Waals surface area contributed by atoms with Crippen LogP contribution in [0.25, 0.3) is 10.9 Å². The SMILES string of the molecule is CC1CN(c2ccc3ccccc3n2)CC(CBr)O1. The highest BCUT2D eigenvalue weighted by atomic mass is 79.9. The summed E-state index contributed by atoms with van der Waals surface area (Å²) in [6.45, 7) is 3.90. The third-order valence-corrected chi connectivity index (χ3v) is 4.13. The predicted octanol–water partition coefficient (Wildman–Crippen LogP) is 3.22. The molecule has 0 saturated carbocycles. The number of hydrogen-bond donors (Lipinski definition) is 0. The summed E-state index contributed by atoms with van der Waals surface area (Å²) in [7, 11) is 0. The Labute approximate surface area is 121 Å². The van der Waals surface area contributed by atoms with Crippen LogP contribution in [0.4, 0.5) is 5.82 Å². The number of halogens is 1. The molecule has 100 valence electrons. The molecule has 1 aliphatic heterocycles. The molecule has 3 nitrogen and oxygen atoms in total. The fourth-order valence-corrected chi connectivity index (χ4v) is 2.91. The maximum Gasteiger partial charge on any atom is 0.129 e. The minimum Gasteiger partial charge on any atom is -0.371 e. The van der Waals surface area contributed by atoms with Crippen molar-refractivity contribution in [1.29, 1.82) is 0 Å². The Morgan fingerprint density at radius 3 is 2.95 bits per heavy atom. The van der Waals surface area contributed by atoms with Crippen LogP contribution in [-0.2, 0) is 4.74 Å². The number of alkyl halides is 1. The van der Waals surface area contributed by atoms with Crippen LogP contribution in [0.15, 0.2) is 36.4 Å². The molecule has 0 bridgehead atoms. The molecular formula is C15H17BrN2O. The zero-order chi connectivity index (χ0) is 13.2. The van der Waals surface area contributed by atoms with Crippen LogP contribution in [0.2, 0.25) is 0 Å². The third-order valence-electron chi connectivity index (χ3n) is 3.41. The molecule has 1 aliphatic rings. The van der Waals surface area contributed by atoms with E-state index < -0.39 is 0 Å². The van der Waals surface area contributed by atoms with E-state index in [4.69, 9.17) is 9.72 Å².